The van der Waals surface area contributed by atoms with Crippen LogP contribution in [-0.2, 0) is 4.74 Å². The van der Waals surface area contributed by atoms with Crippen LogP contribution in [0.5, 0.6) is 0 Å². The largest absolute Gasteiger partial charge is 0.392 e. The lowest BCUT2D eigenvalue weighted by Gasteiger charge is -2.36. The number of hydrogen-bond donors (Lipinski definition) is 4. The molecule has 21 heavy (non-hydrogen) atoms. The number of aliphatic hydroxyl groups excluding tert-OH is 1. The van der Waals surface area contributed by atoms with Crippen LogP contribution < -0.4 is 16.4 Å². The minimum atomic E-state index is -0.223. The standard InChI is InChI=1S/C12H23FN4O2.2ClH/c13-3-9(4-14)8-19-11-5-15-12(16-6-11)17-2-1-10(18)7-17;;/h3,10-12,15-16,18H,1-2,4-8,14H2;2*1H/b9-3+;;/t10-,11?,12?;;/m0../s1. The molecule has 0 aromatic rings. The van der Waals surface area contributed by atoms with Crippen LogP contribution in [0.3, 0.4) is 0 Å². The van der Waals surface area contributed by atoms with Crippen LogP contribution in [0.1, 0.15) is 6.42 Å². The Bertz CT molecular complexity index is 318. The highest BCUT2D eigenvalue weighted by atomic mass is 35.5. The number of β-amino-alcohol motifs (C(OH)–C–C–N with tert-alkyl or cyclic N) is 1. The van der Waals surface area contributed by atoms with Crippen molar-refractivity contribution in [2.24, 2.45) is 5.73 Å². The Kier molecular flexibility index (Phi) is 10.7. The average Bonchev–Trinajstić information content (AvgIpc) is 2.87. The Morgan fingerprint density at radius 1 is 1.38 bits per heavy atom. The normalized spacial score (nSPS) is 30.6. The average molecular weight is 347 g/mol. The molecule has 9 heteroatoms. The Hall–Kier alpha value is 0.01000. The van der Waals surface area contributed by atoms with Crippen molar-refractivity contribution in [2.75, 3.05) is 39.3 Å². The summed E-state index contributed by atoms with van der Waals surface area (Å²) < 4.78 is 17.9. The van der Waals surface area contributed by atoms with E-state index in [2.05, 4.69) is 15.5 Å². The van der Waals surface area contributed by atoms with E-state index in [9.17, 15) is 9.50 Å². The molecule has 0 bridgehead atoms. The van der Waals surface area contributed by atoms with Gasteiger partial charge in [-0.25, -0.2) is 4.39 Å². The van der Waals surface area contributed by atoms with Crippen LogP contribution in [0.2, 0.25) is 0 Å². The first-order valence-corrected chi connectivity index (χ1v) is 6.71. The zero-order valence-electron chi connectivity index (χ0n) is 11.8. The van der Waals surface area contributed by atoms with Crippen LogP contribution in [0.4, 0.5) is 4.39 Å². The summed E-state index contributed by atoms with van der Waals surface area (Å²) in [5.41, 5.74) is 5.83. The molecule has 2 aliphatic rings. The van der Waals surface area contributed by atoms with E-state index in [0.29, 0.717) is 31.5 Å². The summed E-state index contributed by atoms with van der Waals surface area (Å²) in [4.78, 5) is 2.17. The summed E-state index contributed by atoms with van der Waals surface area (Å²) in [5, 5.41) is 16.2. The smallest absolute Gasteiger partial charge is 0.114 e. The van der Waals surface area contributed by atoms with Crippen molar-refractivity contribution in [1.29, 1.82) is 0 Å². The lowest BCUT2D eigenvalue weighted by Crippen LogP contribution is -2.62. The van der Waals surface area contributed by atoms with E-state index in [1.54, 1.807) is 0 Å². The van der Waals surface area contributed by atoms with E-state index in [1.165, 1.54) is 0 Å². The van der Waals surface area contributed by atoms with Crippen molar-refractivity contribution < 1.29 is 14.2 Å². The Labute approximate surface area is 137 Å². The van der Waals surface area contributed by atoms with Gasteiger partial charge in [-0.15, -0.1) is 24.8 Å². The van der Waals surface area contributed by atoms with Crippen molar-refractivity contribution in [3.63, 3.8) is 0 Å². The van der Waals surface area contributed by atoms with E-state index in [-0.39, 0.29) is 56.5 Å². The van der Waals surface area contributed by atoms with Gasteiger partial charge in [-0.2, -0.15) is 0 Å². The second-order valence-electron chi connectivity index (χ2n) is 5.06. The molecule has 0 aromatic carbocycles. The molecular formula is C12H25Cl2FN4O2. The van der Waals surface area contributed by atoms with E-state index in [1.807, 2.05) is 0 Å². The van der Waals surface area contributed by atoms with Gasteiger partial charge in [-0.05, 0) is 12.0 Å². The predicted octanol–water partition coefficient (Wildman–Crippen LogP) is -0.430. The molecule has 2 aliphatic heterocycles. The lowest BCUT2D eigenvalue weighted by molar-refractivity contribution is 0.0178. The topological polar surface area (TPSA) is 82.8 Å². The SMILES string of the molecule is Cl.Cl.NC/C(=C\F)COC1CNC(N2CC[C@H](O)C2)NC1. The molecule has 2 rings (SSSR count). The number of rotatable bonds is 5. The van der Waals surface area contributed by atoms with Crippen LogP contribution in [0.15, 0.2) is 11.9 Å². The summed E-state index contributed by atoms with van der Waals surface area (Å²) in [6.07, 6.45) is 1.20. The summed E-state index contributed by atoms with van der Waals surface area (Å²) in [5.74, 6) is 0. The summed E-state index contributed by atoms with van der Waals surface area (Å²) in [6.45, 7) is 3.40. The maximum atomic E-state index is 12.3. The van der Waals surface area contributed by atoms with Crippen molar-refractivity contribution in [3.05, 3.63) is 11.9 Å². The molecule has 5 N–H and O–H groups in total. The maximum absolute atomic E-state index is 12.3. The molecule has 0 amide bonds. The van der Waals surface area contributed by atoms with Gasteiger partial charge in [-0.3, -0.25) is 15.5 Å². The second-order valence-corrected chi connectivity index (χ2v) is 5.06. The van der Waals surface area contributed by atoms with E-state index in [0.717, 1.165) is 13.0 Å². The van der Waals surface area contributed by atoms with Gasteiger partial charge < -0.3 is 15.6 Å². The summed E-state index contributed by atoms with van der Waals surface area (Å²) in [7, 11) is 0. The molecule has 2 saturated heterocycles. The Balaban J connectivity index is 0.00000200. The number of halogens is 3. The van der Waals surface area contributed by atoms with Crippen LogP contribution in [0, 0.1) is 0 Å². The zero-order chi connectivity index (χ0) is 13.7. The number of likely N-dealkylation sites (tertiary alicyclic amines) is 1. The van der Waals surface area contributed by atoms with Gasteiger partial charge in [0.1, 0.15) is 6.29 Å². The summed E-state index contributed by atoms with van der Waals surface area (Å²) in [6, 6.07) is 0. The minimum absolute atomic E-state index is 0. The molecular weight excluding hydrogens is 322 g/mol. The number of hydrogen-bond acceptors (Lipinski definition) is 6. The third-order valence-electron chi connectivity index (χ3n) is 3.56. The molecule has 2 fully saturated rings. The van der Waals surface area contributed by atoms with Gasteiger partial charge in [0, 0.05) is 32.7 Å². The number of ether oxygens (including phenoxy) is 1. The van der Waals surface area contributed by atoms with E-state index in [4.69, 9.17) is 10.5 Å². The number of nitrogens with two attached hydrogens (primary N) is 1. The minimum Gasteiger partial charge on any atom is -0.392 e. The van der Waals surface area contributed by atoms with E-state index < -0.39 is 0 Å². The fourth-order valence-electron chi connectivity index (χ4n) is 2.37. The highest BCUT2D eigenvalue weighted by Crippen LogP contribution is 2.12. The molecule has 0 aliphatic carbocycles. The van der Waals surface area contributed by atoms with Gasteiger partial charge in [-0.1, -0.05) is 0 Å². The molecule has 0 saturated carbocycles. The third kappa shape index (κ3) is 6.33. The van der Waals surface area contributed by atoms with Crippen molar-refractivity contribution in [1.82, 2.24) is 15.5 Å². The molecule has 0 unspecified atom stereocenters. The molecule has 0 aromatic heterocycles. The quantitative estimate of drug-likeness (QED) is 0.540. The highest BCUT2D eigenvalue weighted by molar-refractivity contribution is 5.85. The number of nitrogens with zero attached hydrogens (tertiary/aromatic N) is 1. The van der Waals surface area contributed by atoms with Crippen LogP contribution in [0.25, 0.3) is 0 Å². The molecule has 6 nitrogen and oxygen atoms in total. The van der Waals surface area contributed by atoms with Crippen molar-refractivity contribution >= 4 is 24.8 Å². The first-order valence-electron chi connectivity index (χ1n) is 6.71. The molecule has 1 atom stereocenters. The van der Waals surface area contributed by atoms with Gasteiger partial charge in [0.25, 0.3) is 0 Å². The van der Waals surface area contributed by atoms with Crippen LogP contribution >= 0.6 is 24.8 Å². The number of nitrogens with one attached hydrogen (secondary N) is 2. The van der Waals surface area contributed by atoms with Gasteiger partial charge in [0.05, 0.1) is 25.1 Å². The second kappa shape index (κ2) is 10.7. The Morgan fingerprint density at radius 2 is 2.05 bits per heavy atom. The predicted molar refractivity (Wildman–Crippen MR) is 84.5 cm³/mol. The van der Waals surface area contributed by atoms with Gasteiger partial charge in [0.2, 0.25) is 0 Å². The highest BCUT2D eigenvalue weighted by Gasteiger charge is 2.30. The Morgan fingerprint density at radius 3 is 2.52 bits per heavy atom. The molecule has 2 heterocycles. The molecule has 0 spiro atoms. The van der Waals surface area contributed by atoms with Crippen molar-refractivity contribution in [2.45, 2.75) is 24.9 Å². The summed E-state index contributed by atoms with van der Waals surface area (Å²) >= 11 is 0. The van der Waals surface area contributed by atoms with Crippen LogP contribution in [-0.4, -0.2) is 67.8 Å². The zero-order valence-corrected chi connectivity index (χ0v) is 13.5. The van der Waals surface area contributed by atoms with Gasteiger partial charge >= 0.3 is 0 Å². The van der Waals surface area contributed by atoms with Crippen molar-refractivity contribution in [3.8, 4) is 0 Å². The monoisotopic (exact) mass is 346 g/mol. The lowest BCUT2D eigenvalue weighted by atomic mass is 10.2. The first-order chi connectivity index (χ1) is 9.22. The third-order valence-corrected chi connectivity index (χ3v) is 3.56. The molecule has 0 radical (unpaired) electrons. The fraction of sp³-hybridized carbons (Fsp3) is 0.833. The van der Waals surface area contributed by atoms with E-state index >= 15 is 0 Å². The number of aliphatic hydroxyl groups is 1. The molecule has 126 valence electrons. The van der Waals surface area contributed by atoms with Gasteiger partial charge in [0.15, 0.2) is 0 Å². The fourth-order valence-corrected chi connectivity index (χ4v) is 2.37. The first kappa shape index (κ1) is 21.0. The maximum Gasteiger partial charge on any atom is 0.114 e.